The third kappa shape index (κ3) is 2.25. The van der Waals surface area contributed by atoms with Gasteiger partial charge in [0.1, 0.15) is 0 Å². The summed E-state index contributed by atoms with van der Waals surface area (Å²) < 4.78 is 4.74. The Bertz CT molecular complexity index is 445. The number of hydrogen-bond donors (Lipinski definition) is 1. The number of nitrogens with two attached hydrogens (primary N) is 1. The maximum absolute atomic E-state index is 11.4. The summed E-state index contributed by atoms with van der Waals surface area (Å²) in [6.07, 6.45) is 0. The minimum atomic E-state index is -0.690. The van der Waals surface area contributed by atoms with Crippen molar-refractivity contribution in [2.45, 2.75) is 13.8 Å². The molecule has 0 unspecified atom stereocenters. The molecule has 0 saturated carbocycles. The molecule has 0 saturated heterocycles. The van der Waals surface area contributed by atoms with Gasteiger partial charge in [0.2, 0.25) is 5.82 Å². The molecule has 0 radical (unpaired) electrons. The SMILES string of the molecule is CCOC(=O)c1cc([N+](=O)[O-])c(N)nc1C. The number of rotatable bonds is 3. The predicted molar refractivity (Wildman–Crippen MR) is 56.0 cm³/mol. The summed E-state index contributed by atoms with van der Waals surface area (Å²) in [5.41, 5.74) is 5.33. The van der Waals surface area contributed by atoms with Crippen LogP contribution in [-0.4, -0.2) is 22.5 Å². The summed E-state index contributed by atoms with van der Waals surface area (Å²) in [4.78, 5) is 25.1. The molecule has 1 aromatic heterocycles. The summed E-state index contributed by atoms with van der Waals surface area (Å²) in [7, 11) is 0. The number of aromatic nitrogens is 1. The van der Waals surface area contributed by atoms with Crippen LogP contribution in [-0.2, 0) is 4.74 Å². The van der Waals surface area contributed by atoms with Crippen molar-refractivity contribution in [3.05, 3.63) is 27.4 Å². The summed E-state index contributed by atoms with van der Waals surface area (Å²) in [6, 6.07) is 1.08. The van der Waals surface area contributed by atoms with Gasteiger partial charge in [-0.3, -0.25) is 10.1 Å². The standard InChI is InChI=1S/C9H11N3O4/c1-3-16-9(13)6-4-7(12(14)15)8(10)11-5(6)2/h4H,3H2,1-2H3,(H2,10,11). The fourth-order valence-electron chi connectivity index (χ4n) is 1.17. The van der Waals surface area contributed by atoms with Crippen LogP contribution in [0.5, 0.6) is 0 Å². The number of nitrogens with zero attached hydrogens (tertiary/aromatic N) is 2. The molecule has 2 N–H and O–H groups in total. The molecule has 7 heteroatoms. The Morgan fingerprint density at radius 2 is 2.31 bits per heavy atom. The lowest BCUT2D eigenvalue weighted by molar-refractivity contribution is -0.384. The number of aryl methyl sites for hydroxylation is 1. The van der Waals surface area contributed by atoms with Gasteiger partial charge in [0.25, 0.3) is 0 Å². The molecule has 0 aliphatic carbocycles. The van der Waals surface area contributed by atoms with Crippen LogP contribution in [0.2, 0.25) is 0 Å². The van der Waals surface area contributed by atoms with Gasteiger partial charge in [-0.05, 0) is 13.8 Å². The first kappa shape index (κ1) is 11.9. The molecule has 0 bridgehead atoms. The van der Waals surface area contributed by atoms with E-state index >= 15 is 0 Å². The van der Waals surface area contributed by atoms with Crippen molar-refractivity contribution in [2.75, 3.05) is 12.3 Å². The molecule has 1 rings (SSSR count). The number of hydrogen-bond acceptors (Lipinski definition) is 6. The van der Waals surface area contributed by atoms with Gasteiger partial charge in [0.05, 0.1) is 22.8 Å². The second kappa shape index (κ2) is 4.56. The summed E-state index contributed by atoms with van der Waals surface area (Å²) in [5.74, 6) is -0.855. The van der Waals surface area contributed by atoms with E-state index in [2.05, 4.69) is 4.98 Å². The highest BCUT2D eigenvalue weighted by Crippen LogP contribution is 2.22. The lowest BCUT2D eigenvalue weighted by Gasteiger charge is -2.05. The molecule has 0 aliphatic rings. The van der Waals surface area contributed by atoms with E-state index in [-0.39, 0.29) is 18.0 Å². The van der Waals surface area contributed by atoms with Crippen LogP contribution in [0.15, 0.2) is 6.07 Å². The van der Waals surface area contributed by atoms with E-state index in [9.17, 15) is 14.9 Å². The second-order valence-electron chi connectivity index (χ2n) is 3.00. The number of esters is 1. The van der Waals surface area contributed by atoms with E-state index in [4.69, 9.17) is 10.5 Å². The summed E-state index contributed by atoms with van der Waals surface area (Å²) >= 11 is 0. The van der Waals surface area contributed by atoms with Gasteiger partial charge in [-0.15, -0.1) is 0 Å². The zero-order valence-electron chi connectivity index (χ0n) is 8.89. The molecule has 0 aromatic carbocycles. The molecule has 1 heterocycles. The zero-order valence-corrected chi connectivity index (χ0v) is 8.89. The third-order valence-electron chi connectivity index (χ3n) is 1.91. The van der Waals surface area contributed by atoms with Crippen molar-refractivity contribution in [3.63, 3.8) is 0 Å². The van der Waals surface area contributed by atoms with E-state index in [0.29, 0.717) is 5.69 Å². The van der Waals surface area contributed by atoms with Gasteiger partial charge in [0.15, 0.2) is 0 Å². The number of nitro groups is 1. The Balaban J connectivity index is 3.24. The van der Waals surface area contributed by atoms with Gasteiger partial charge < -0.3 is 10.5 Å². The predicted octanol–water partition coefficient (Wildman–Crippen LogP) is 1.06. The van der Waals surface area contributed by atoms with Gasteiger partial charge in [0, 0.05) is 6.07 Å². The maximum Gasteiger partial charge on any atom is 0.340 e. The molecule has 86 valence electrons. The molecule has 0 atom stereocenters. The zero-order chi connectivity index (χ0) is 12.3. The van der Waals surface area contributed by atoms with Crippen molar-refractivity contribution in [3.8, 4) is 0 Å². The van der Waals surface area contributed by atoms with Crippen molar-refractivity contribution in [2.24, 2.45) is 0 Å². The number of carbonyl (C=O) groups is 1. The highest BCUT2D eigenvalue weighted by atomic mass is 16.6. The normalized spacial score (nSPS) is 9.88. The van der Waals surface area contributed by atoms with Crippen LogP contribution in [0.3, 0.4) is 0 Å². The monoisotopic (exact) mass is 225 g/mol. The van der Waals surface area contributed by atoms with Crippen molar-refractivity contribution in [1.29, 1.82) is 0 Å². The Hall–Kier alpha value is -2.18. The quantitative estimate of drug-likeness (QED) is 0.468. The Morgan fingerprint density at radius 3 is 2.81 bits per heavy atom. The number of pyridine rings is 1. The maximum atomic E-state index is 11.4. The van der Waals surface area contributed by atoms with Crippen molar-refractivity contribution < 1.29 is 14.5 Å². The molecule has 0 aliphatic heterocycles. The largest absolute Gasteiger partial charge is 0.462 e. The van der Waals surface area contributed by atoms with Crippen LogP contribution in [0, 0.1) is 17.0 Å². The Kier molecular flexibility index (Phi) is 3.39. The Labute approximate surface area is 91.4 Å². The molecule has 0 spiro atoms. The fourth-order valence-corrected chi connectivity index (χ4v) is 1.17. The summed E-state index contributed by atoms with van der Waals surface area (Å²) in [6.45, 7) is 3.37. The first-order chi connectivity index (χ1) is 7.47. The Morgan fingerprint density at radius 1 is 1.69 bits per heavy atom. The second-order valence-corrected chi connectivity index (χ2v) is 3.00. The van der Waals surface area contributed by atoms with E-state index in [0.717, 1.165) is 6.07 Å². The number of anilines is 1. The first-order valence-corrected chi connectivity index (χ1v) is 4.56. The molecule has 7 nitrogen and oxygen atoms in total. The smallest absolute Gasteiger partial charge is 0.340 e. The van der Waals surface area contributed by atoms with Crippen molar-refractivity contribution >= 4 is 17.5 Å². The van der Waals surface area contributed by atoms with Gasteiger partial charge in [-0.25, -0.2) is 9.78 Å². The van der Waals surface area contributed by atoms with Crippen LogP contribution < -0.4 is 5.73 Å². The minimum absolute atomic E-state index is 0.0581. The molecular weight excluding hydrogens is 214 g/mol. The van der Waals surface area contributed by atoms with E-state index in [1.807, 2.05) is 0 Å². The number of nitrogen functional groups attached to an aromatic ring is 1. The molecule has 1 aromatic rings. The molecular formula is C9H11N3O4. The van der Waals surface area contributed by atoms with Gasteiger partial charge in [-0.1, -0.05) is 0 Å². The lowest BCUT2D eigenvalue weighted by Crippen LogP contribution is -2.10. The highest BCUT2D eigenvalue weighted by molar-refractivity contribution is 5.91. The topological polar surface area (TPSA) is 108 Å². The minimum Gasteiger partial charge on any atom is -0.462 e. The molecule has 16 heavy (non-hydrogen) atoms. The molecule has 0 amide bonds. The van der Waals surface area contributed by atoms with E-state index < -0.39 is 16.6 Å². The molecule has 0 fully saturated rings. The first-order valence-electron chi connectivity index (χ1n) is 4.56. The average molecular weight is 225 g/mol. The van der Waals surface area contributed by atoms with Crippen LogP contribution >= 0.6 is 0 Å². The van der Waals surface area contributed by atoms with Gasteiger partial charge >= 0.3 is 11.7 Å². The summed E-state index contributed by atoms with van der Waals surface area (Å²) in [5, 5.41) is 10.6. The van der Waals surface area contributed by atoms with Gasteiger partial charge in [-0.2, -0.15) is 0 Å². The third-order valence-corrected chi connectivity index (χ3v) is 1.91. The van der Waals surface area contributed by atoms with Crippen molar-refractivity contribution in [1.82, 2.24) is 4.98 Å². The van der Waals surface area contributed by atoms with Crippen LogP contribution in [0.25, 0.3) is 0 Å². The van der Waals surface area contributed by atoms with Crippen LogP contribution in [0.4, 0.5) is 11.5 Å². The average Bonchev–Trinajstić information content (AvgIpc) is 2.17. The van der Waals surface area contributed by atoms with E-state index in [1.54, 1.807) is 6.92 Å². The highest BCUT2D eigenvalue weighted by Gasteiger charge is 2.20. The lowest BCUT2D eigenvalue weighted by atomic mass is 10.2. The fraction of sp³-hybridized carbons (Fsp3) is 0.333. The number of ether oxygens (including phenoxy) is 1. The van der Waals surface area contributed by atoms with E-state index in [1.165, 1.54) is 6.92 Å². The van der Waals surface area contributed by atoms with Crippen LogP contribution in [0.1, 0.15) is 23.0 Å². The number of carbonyl (C=O) groups excluding carboxylic acids is 1.